The van der Waals surface area contributed by atoms with Gasteiger partial charge in [-0.25, -0.2) is 0 Å². The lowest BCUT2D eigenvalue weighted by molar-refractivity contribution is 0.637. The van der Waals surface area contributed by atoms with Gasteiger partial charge in [-0.15, -0.1) is 11.8 Å². The number of aryl methyl sites for hydroxylation is 1. The van der Waals surface area contributed by atoms with E-state index in [-0.39, 0.29) is 6.04 Å². The molecule has 1 aromatic rings. The zero-order valence-electron chi connectivity index (χ0n) is 9.10. The highest BCUT2D eigenvalue weighted by molar-refractivity contribution is 7.99. The van der Waals surface area contributed by atoms with Gasteiger partial charge < -0.3 is 5.32 Å². The van der Waals surface area contributed by atoms with Crippen molar-refractivity contribution in [3.63, 3.8) is 0 Å². The summed E-state index contributed by atoms with van der Waals surface area (Å²) in [5.41, 5.74) is 0. The van der Waals surface area contributed by atoms with E-state index in [1.807, 2.05) is 19.4 Å². The fraction of sp³-hybridized carbons (Fsp3) is 0.600. The Hall–Kier alpha value is -0.990. The number of nitrogens with one attached hydrogen (secondary N) is 1. The highest BCUT2D eigenvalue weighted by Gasteiger charge is 2.07. The second-order valence-corrected chi connectivity index (χ2v) is 4.39. The molecule has 0 bridgehead atoms. The summed E-state index contributed by atoms with van der Waals surface area (Å²) >= 11 is 1.66. The molecular formula is C10H16N4S. The molecule has 0 saturated heterocycles. The first kappa shape index (κ1) is 12.1. The van der Waals surface area contributed by atoms with Crippen molar-refractivity contribution in [1.82, 2.24) is 15.1 Å². The molecule has 0 aliphatic carbocycles. The van der Waals surface area contributed by atoms with Gasteiger partial charge in [-0.3, -0.25) is 4.68 Å². The Morgan fingerprint density at radius 2 is 2.53 bits per heavy atom. The van der Waals surface area contributed by atoms with E-state index in [9.17, 15) is 0 Å². The number of nitrogens with zero attached hydrogens (tertiary/aromatic N) is 3. The number of hydrogen-bond donors (Lipinski definition) is 1. The topological polar surface area (TPSA) is 53.6 Å². The number of aromatic nitrogens is 2. The first-order valence-electron chi connectivity index (χ1n) is 5.00. The van der Waals surface area contributed by atoms with Crippen LogP contribution in [0.25, 0.3) is 0 Å². The van der Waals surface area contributed by atoms with Gasteiger partial charge >= 0.3 is 0 Å². The Labute approximate surface area is 94.7 Å². The number of nitriles is 1. The third-order valence-electron chi connectivity index (χ3n) is 1.89. The van der Waals surface area contributed by atoms with Crippen LogP contribution in [0.3, 0.4) is 0 Å². The van der Waals surface area contributed by atoms with E-state index in [1.165, 1.54) is 0 Å². The van der Waals surface area contributed by atoms with Crippen molar-refractivity contribution in [2.75, 3.05) is 12.3 Å². The summed E-state index contributed by atoms with van der Waals surface area (Å²) in [6.45, 7) is 2.99. The summed E-state index contributed by atoms with van der Waals surface area (Å²) in [7, 11) is 1.89. The number of hydrogen-bond acceptors (Lipinski definition) is 4. The zero-order valence-corrected chi connectivity index (χ0v) is 9.92. The summed E-state index contributed by atoms with van der Waals surface area (Å²) in [6, 6.07) is 2.18. The van der Waals surface area contributed by atoms with E-state index in [2.05, 4.69) is 23.4 Å². The monoisotopic (exact) mass is 224 g/mol. The van der Waals surface area contributed by atoms with Crippen LogP contribution >= 0.6 is 11.8 Å². The number of rotatable bonds is 6. The van der Waals surface area contributed by atoms with Crippen molar-refractivity contribution >= 4 is 11.8 Å². The molecule has 5 heteroatoms. The smallest absolute Gasteiger partial charge is 0.105 e. The standard InChI is InChI=1S/C10H16N4S/c1-3-4-12-9(5-11)8-15-10-6-13-14(2)7-10/h6-7,9,12H,3-4,8H2,1-2H3. The minimum atomic E-state index is -0.0739. The fourth-order valence-corrected chi connectivity index (χ4v) is 2.01. The molecule has 0 fully saturated rings. The van der Waals surface area contributed by atoms with Gasteiger partial charge in [0, 0.05) is 23.9 Å². The minimum Gasteiger partial charge on any atom is -0.301 e. The SMILES string of the molecule is CCCNC(C#N)CSc1cnn(C)c1. The van der Waals surface area contributed by atoms with Gasteiger partial charge in [-0.1, -0.05) is 6.92 Å². The summed E-state index contributed by atoms with van der Waals surface area (Å²) < 4.78 is 1.77. The van der Waals surface area contributed by atoms with Crippen LogP contribution in [0, 0.1) is 11.3 Å². The number of thioether (sulfide) groups is 1. The van der Waals surface area contributed by atoms with Gasteiger partial charge in [-0.2, -0.15) is 10.4 Å². The Balaban J connectivity index is 2.31. The van der Waals surface area contributed by atoms with Gasteiger partial charge in [0.1, 0.15) is 6.04 Å². The maximum absolute atomic E-state index is 8.89. The van der Waals surface area contributed by atoms with Gasteiger partial charge in [0.25, 0.3) is 0 Å². The average molecular weight is 224 g/mol. The third kappa shape index (κ3) is 4.36. The Bertz CT molecular complexity index is 328. The molecule has 1 heterocycles. The maximum atomic E-state index is 8.89. The molecule has 1 aromatic heterocycles. The highest BCUT2D eigenvalue weighted by Crippen LogP contribution is 2.16. The first-order chi connectivity index (χ1) is 7.26. The molecular weight excluding hydrogens is 208 g/mol. The predicted octanol–water partition coefficient (Wildman–Crippen LogP) is 1.40. The molecule has 0 spiro atoms. The molecule has 0 amide bonds. The molecule has 0 aliphatic rings. The normalized spacial score (nSPS) is 12.3. The Kier molecular flexibility index (Phi) is 5.22. The van der Waals surface area contributed by atoms with Crippen LogP contribution in [0.5, 0.6) is 0 Å². The van der Waals surface area contributed by atoms with Crippen LogP contribution in [0.2, 0.25) is 0 Å². The van der Waals surface area contributed by atoms with E-state index in [1.54, 1.807) is 16.4 Å². The lowest BCUT2D eigenvalue weighted by Gasteiger charge is -2.08. The van der Waals surface area contributed by atoms with Crippen LogP contribution in [0.15, 0.2) is 17.3 Å². The molecule has 0 aliphatic heterocycles. The van der Waals surface area contributed by atoms with E-state index in [4.69, 9.17) is 5.26 Å². The predicted molar refractivity (Wildman–Crippen MR) is 61.6 cm³/mol. The zero-order chi connectivity index (χ0) is 11.1. The van der Waals surface area contributed by atoms with Crippen molar-refractivity contribution in [3.05, 3.63) is 12.4 Å². The summed E-state index contributed by atoms with van der Waals surface area (Å²) in [5, 5.41) is 16.2. The Morgan fingerprint density at radius 1 is 1.73 bits per heavy atom. The molecule has 1 atom stereocenters. The molecule has 1 unspecified atom stereocenters. The summed E-state index contributed by atoms with van der Waals surface area (Å²) in [6.07, 6.45) is 4.83. The minimum absolute atomic E-state index is 0.0739. The van der Waals surface area contributed by atoms with Crippen LogP contribution in [0.4, 0.5) is 0 Å². The largest absolute Gasteiger partial charge is 0.301 e. The van der Waals surface area contributed by atoms with Crippen LogP contribution < -0.4 is 5.32 Å². The van der Waals surface area contributed by atoms with Gasteiger partial charge in [0.05, 0.1) is 12.3 Å². The average Bonchev–Trinajstić information content (AvgIpc) is 2.65. The second kappa shape index (κ2) is 6.49. The van der Waals surface area contributed by atoms with Crippen LogP contribution in [-0.4, -0.2) is 28.1 Å². The molecule has 0 radical (unpaired) electrons. The molecule has 15 heavy (non-hydrogen) atoms. The second-order valence-electron chi connectivity index (χ2n) is 3.30. The molecule has 1 N–H and O–H groups in total. The lowest BCUT2D eigenvalue weighted by atomic mass is 10.3. The fourth-order valence-electron chi connectivity index (χ4n) is 1.11. The van der Waals surface area contributed by atoms with Gasteiger partial charge in [0.15, 0.2) is 0 Å². The summed E-state index contributed by atoms with van der Waals surface area (Å²) in [4.78, 5) is 1.11. The van der Waals surface area contributed by atoms with Crippen LogP contribution in [0.1, 0.15) is 13.3 Å². The molecule has 0 aromatic carbocycles. The highest BCUT2D eigenvalue weighted by atomic mass is 32.2. The first-order valence-corrected chi connectivity index (χ1v) is 5.99. The molecule has 82 valence electrons. The van der Waals surface area contributed by atoms with E-state index in [0.717, 1.165) is 23.6 Å². The van der Waals surface area contributed by atoms with Crippen molar-refractivity contribution in [2.45, 2.75) is 24.3 Å². The quantitative estimate of drug-likeness (QED) is 0.742. The van der Waals surface area contributed by atoms with Crippen molar-refractivity contribution < 1.29 is 0 Å². The van der Waals surface area contributed by atoms with Crippen molar-refractivity contribution in [2.24, 2.45) is 7.05 Å². The van der Waals surface area contributed by atoms with Gasteiger partial charge in [-0.05, 0) is 13.0 Å². The summed E-state index contributed by atoms with van der Waals surface area (Å²) in [5.74, 6) is 0.766. The molecule has 0 saturated carbocycles. The van der Waals surface area contributed by atoms with Crippen molar-refractivity contribution in [1.29, 1.82) is 5.26 Å². The van der Waals surface area contributed by atoms with E-state index < -0.39 is 0 Å². The van der Waals surface area contributed by atoms with E-state index >= 15 is 0 Å². The molecule has 1 rings (SSSR count). The van der Waals surface area contributed by atoms with Crippen molar-refractivity contribution in [3.8, 4) is 6.07 Å². The Morgan fingerprint density at radius 3 is 3.07 bits per heavy atom. The third-order valence-corrected chi connectivity index (χ3v) is 2.94. The van der Waals surface area contributed by atoms with E-state index in [0.29, 0.717) is 0 Å². The maximum Gasteiger partial charge on any atom is 0.105 e. The lowest BCUT2D eigenvalue weighted by Crippen LogP contribution is -2.30. The van der Waals surface area contributed by atoms with Crippen LogP contribution in [-0.2, 0) is 7.05 Å². The van der Waals surface area contributed by atoms with Gasteiger partial charge in [0.2, 0.25) is 0 Å². The molecule has 4 nitrogen and oxygen atoms in total.